The number of carbonyl (C=O) groups excluding carboxylic acids is 1. The highest BCUT2D eigenvalue weighted by Crippen LogP contribution is 2.37. The Morgan fingerprint density at radius 1 is 1.41 bits per heavy atom. The van der Waals surface area contributed by atoms with Crippen molar-refractivity contribution in [3.05, 3.63) is 24.3 Å². The van der Waals surface area contributed by atoms with Gasteiger partial charge in [-0.05, 0) is 25.7 Å². The molecule has 0 aromatic carbocycles. The first kappa shape index (κ1) is 13.4. The molecule has 8 heteroatoms. The Hall–Kier alpha value is -2.22. The second-order valence-corrected chi connectivity index (χ2v) is 5.85. The summed E-state index contributed by atoms with van der Waals surface area (Å²) in [4.78, 5) is 12.7. The van der Waals surface area contributed by atoms with Crippen LogP contribution in [-0.2, 0) is 9.53 Å². The molecule has 3 heterocycles. The van der Waals surface area contributed by atoms with Gasteiger partial charge in [-0.2, -0.15) is 5.10 Å². The van der Waals surface area contributed by atoms with Gasteiger partial charge in [-0.25, -0.2) is 0 Å². The average molecular weight is 302 g/mol. The molecule has 2 fully saturated rings. The van der Waals surface area contributed by atoms with Gasteiger partial charge in [0.15, 0.2) is 0 Å². The first-order chi connectivity index (χ1) is 10.8. The van der Waals surface area contributed by atoms with Gasteiger partial charge in [0.1, 0.15) is 6.33 Å². The van der Waals surface area contributed by atoms with Crippen LogP contribution in [0, 0.1) is 5.92 Å². The van der Waals surface area contributed by atoms with Crippen LogP contribution >= 0.6 is 0 Å². The number of nitrogens with one attached hydrogen (secondary N) is 2. The summed E-state index contributed by atoms with van der Waals surface area (Å²) in [5.74, 6) is 0.223. The van der Waals surface area contributed by atoms with Crippen molar-refractivity contribution in [2.24, 2.45) is 5.92 Å². The lowest BCUT2D eigenvalue weighted by Gasteiger charge is -2.30. The molecule has 2 atom stereocenters. The van der Waals surface area contributed by atoms with Gasteiger partial charge in [-0.15, -0.1) is 10.2 Å². The Balaban J connectivity index is 1.51. The maximum absolute atomic E-state index is 12.7. The normalized spacial score (nSPS) is 25.1. The van der Waals surface area contributed by atoms with E-state index in [1.54, 1.807) is 18.7 Å². The zero-order chi connectivity index (χ0) is 14.9. The molecule has 1 saturated heterocycles. The van der Waals surface area contributed by atoms with E-state index >= 15 is 0 Å². The highest BCUT2D eigenvalue weighted by molar-refractivity contribution is 5.91. The van der Waals surface area contributed by atoms with Crippen molar-refractivity contribution in [1.29, 1.82) is 0 Å². The molecule has 2 N–H and O–H groups in total. The standard InChI is InChI=1S/C14H18N6O2/c21-13(18-14-19-17-8-20(14)10-3-4-10)11-2-1-5-22-12(11)9-6-15-16-7-9/h6-8,10-12H,1-5H2,(H,15,16)(H,18,19,21)/t11-,12+/m1/s1. The number of carbonyl (C=O) groups is 1. The Morgan fingerprint density at radius 2 is 2.32 bits per heavy atom. The smallest absolute Gasteiger partial charge is 0.232 e. The van der Waals surface area contributed by atoms with E-state index in [9.17, 15) is 4.79 Å². The topological polar surface area (TPSA) is 97.7 Å². The molecule has 0 bridgehead atoms. The van der Waals surface area contributed by atoms with Crippen LogP contribution in [-0.4, -0.2) is 37.5 Å². The van der Waals surface area contributed by atoms with Crippen molar-refractivity contribution >= 4 is 11.9 Å². The second-order valence-electron chi connectivity index (χ2n) is 5.85. The van der Waals surface area contributed by atoms with Gasteiger partial charge in [-0.1, -0.05) is 0 Å². The SMILES string of the molecule is O=C(Nc1nncn1C1CC1)[C@@H]1CCCO[C@H]1c1cn[nH]c1. The predicted molar refractivity (Wildman–Crippen MR) is 76.9 cm³/mol. The molecular weight excluding hydrogens is 284 g/mol. The van der Waals surface area contributed by atoms with Gasteiger partial charge in [0.2, 0.25) is 11.9 Å². The van der Waals surface area contributed by atoms with E-state index < -0.39 is 0 Å². The van der Waals surface area contributed by atoms with E-state index in [1.165, 1.54) is 0 Å². The van der Waals surface area contributed by atoms with Crippen molar-refractivity contribution in [1.82, 2.24) is 25.0 Å². The van der Waals surface area contributed by atoms with Crippen LogP contribution in [0.5, 0.6) is 0 Å². The number of hydrogen-bond donors (Lipinski definition) is 2. The van der Waals surface area contributed by atoms with E-state index in [2.05, 4.69) is 25.7 Å². The quantitative estimate of drug-likeness (QED) is 0.890. The van der Waals surface area contributed by atoms with Crippen LogP contribution in [0.2, 0.25) is 0 Å². The van der Waals surface area contributed by atoms with Crippen molar-refractivity contribution in [2.75, 3.05) is 11.9 Å². The van der Waals surface area contributed by atoms with Crippen LogP contribution in [0.15, 0.2) is 18.7 Å². The lowest BCUT2D eigenvalue weighted by molar-refractivity contribution is -0.129. The van der Waals surface area contributed by atoms with Crippen molar-refractivity contribution in [3.63, 3.8) is 0 Å². The summed E-state index contributed by atoms with van der Waals surface area (Å²) in [5.41, 5.74) is 0.906. The molecule has 1 aliphatic heterocycles. The molecule has 1 saturated carbocycles. The Morgan fingerprint density at radius 3 is 3.09 bits per heavy atom. The average Bonchev–Trinajstić information content (AvgIpc) is 3.05. The minimum absolute atomic E-state index is 0.0687. The van der Waals surface area contributed by atoms with Crippen LogP contribution in [0.1, 0.15) is 43.4 Å². The number of aromatic nitrogens is 5. The Labute approximate surface area is 127 Å². The van der Waals surface area contributed by atoms with Crippen molar-refractivity contribution in [2.45, 2.75) is 37.8 Å². The first-order valence-corrected chi connectivity index (χ1v) is 7.63. The molecule has 2 aromatic rings. The van der Waals surface area contributed by atoms with Crippen LogP contribution < -0.4 is 5.32 Å². The molecule has 8 nitrogen and oxygen atoms in total. The van der Waals surface area contributed by atoms with E-state index in [0.29, 0.717) is 18.6 Å². The summed E-state index contributed by atoms with van der Waals surface area (Å²) < 4.78 is 7.74. The van der Waals surface area contributed by atoms with Gasteiger partial charge in [0.25, 0.3) is 0 Å². The molecule has 0 radical (unpaired) electrons. The van der Waals surface area contributed by atoms with Crippen molar-refractivity contribution < 1.29 is 9.53 Å². The van der Waals surface area contributed by atoms with E-state index in [0.717, 1.165) is 31.2 Å². The lowest BCUT2D eigenvalue weighted by atomic mass is 9.90. The minimum atomic E-state index is -0.259. The number of H-pyrrole nitrogens is 1. The Bertz CT molecular complexity index is 648. The monoisotopic (exact) mass is 302 g/mol. The molecule has 4 rings (SSSR count). The maximum atomic E-state index is 12.7. The number of amides is 1. The Kier molecular flexibility index (Phi) is 3.38. The van der Waals surface area contributed by atoms with Gasteiger partial charge in [0.05, 0.1) is 18.2 Å². The van der Waals surface area contributed by atoms with E-state index in [4.69, 9.17) is 4.74 Å². The molecule has 1 amide bonds. The number of ether oxygens (including phenoxy) is 1. The maximum Gasteiger partial charge on any atom is 0.232 e. The molecule has 2 aliphatic rings. The van der Waals surface area contributed by atoms with E-state index in [1.807, 2.05) is 4.57 Å². The number of rotatable bonds is 4. The van der Waals surface area contributed by atoms with Gasteiger partial charge >= 0.3 is 0 Å². The zero-order valence-electron chi connectivity index (χ0n) is 12.1. The molecule has 2 aromatic heterocycles. The van der Waals surface area contributed by atoms with Crippen LogP contribution in [0.25, 0.3) is 0 Å². The summed E-state index contributed by atoms with van der Waals surface area (Å²) in [5, 5.41) is 17.6. The van der Waals surface area contributed by atoms with E-state index in [-0.39, 0.29) is 17.9 Å². The predicted octanol–water partition coefficient (Wildman–Crippen LogP) is 1.44. The first-order valence-electron chi connectivity index (χ1n) is 7.63. The fourth-order valence-corrected chi connectivity index (χ4v) is 2.95. The second kappa shape index (κ2) is 5.53. The summed E-state index contributed by atoms with van der Waals surface area (Å²) in [7, 11) is 0. The van der Waals surface area contributed by atoms with Gasteiger partial charge < -0.3 is 4.74 Å². The minimum Gasteiger partial charge on any atom is -0.373 e. The highest BCUT2D eigenvalue weighted by atomic mass is 16.5. The third-order valence-electron chi connectivity index (χ3n) is 4.26. The third-order valence-corrected chi connectivity index (χ3v) is 4.26. The molecule has 1 aliphatic carbocycles. The molecule has 0 spiro atoms. The summed E-state index contributed by atoms with van der Waals surface area (Å²) in [6.45, 7) is 0.665. The summed E-state index contributed by atoms with van der Waals surface area (Å²) in [6.07, 6.45) is 8.81. The summed E-state index contributed by atoms with van der Waals surface area (Å²) >= 11 is 0. The fourth-order valence-electron chi connectivity index (χ4n) is 2.95. The number of aromatic amines is 1. The third kappa shape index (κ3) is 2.50. The number of nitrogens with zero attached hydrogens (tertiary/aromatic N) is 4. The van der Waals surface area contributed by atoms with Gasteiger partial charge in [-0.3, -0.25) is 19.8 Å². The molecule has 116 valence electrons. The molecule has 22 heavy (non-hydrogen) atoms. The molecular formula is C14H18N6O2. The summed E-state index contributed by atoms with van der Waals surface area (Å²) in [6, 6.07) is 0.428. The fraction of sp³-hybridized carbons (Fsp3) is 0.571. The van der Waals surface area contributed by atoms with Crippen LogP contribution in [0.3, 0.4) is 0 Å². The molecule has 0 unspecified atom stereocenters. The van der Waals surface area contributed by atoms with Crippen LogP contribution in [0.4, 0.5) is 5.95 Å². The zero-order valence-corrected chi connectivity index (χ0v) is 12.1. The number of anilines is 1. The lowest BCUT2D eigenvalue weighted by Crippen LogP contribution is -2.33. The largest absolute Gasteiger partial charge is 0.373 e. The van der Waals surface area contributed by atoms with Crippen molar-refractivity contribution in [3.8, 4) is 0 Å². The highest BCUT2D eigenvalue weighted by Gasteiger charge is 2.35. The van der Waals surface area contributed by atoms with Gasteiger partial charge in [0, 0.05) is 24.4 Å². The number of hydrogen-bond acceptors (Lipinski definition) is 5.